The maximum atomic E-state index is 11.9. The average molecular weight is 569 g/mol. The Morgan fingerprint density at radius 1 is 0.825 bits per heavy atom. The molecular weight excluding hydrogens is 532 g/mol. The molecule has 1 aliphatic rings. The van der Waals surface area contributed by atoms with Crippen LogP contribution in [0.25, 0.3) is 0 Å². The van der Waals surface area contributed by atoms with Crippen molar-refractivity contribution in [2.75, 3.05) is 33.0 Å². The van der Waals surface area contributed by atoms with Gasteiger partial charge in [-0.1, -0.05) is 30.3 Å². The van der Waals surface area contributed by atoms with Gasteiger partial charge in [-0.25, -0.2) is 4.79 Å². The highest BCUT2D eigenvalue weighted by Crippen LogP contribution is 2.28. The first-order valence-electron chi connectivity index (χ1n) is 12.6. The van der Waals surface area contributed by atoms with Crippen LogP contribution in [-0.4, -0.2) is 93.5 Å². The molecular formula is C26H36N2O12. The van der Waals surface area contributed by atoms with Crippen LogP contribution in [-0.2, 0) is 58.9 Å². The Bertz CT molecular complexity index is 989. The Labute approximate surface area is 231 Å². The van der Waals surface area contributed by atoms with Crippen LogP contribution in [0.1, 0.15) is 33.3 Å². The van der Waals surface area contributed by atoms with Gasteiger partial charge in [-0.2, -0.15) is 0 Å². The van der Waals surface area contributed by atoms with Crippen molar-refractivity contribution < 1.29 is 57.1 Å². The summed E-state index contributed by atoms with van der Waals surface area (Å²) < 4.78 is 38.0. The molecule has 40 heavy (non-hydrogen) atoms. The maximum Gasteiger partial charge on any atom is 0.407 e. The zero-order chi connectivity index (χ0) is 29.5. The Morgan fingerprint density at radius 2 is 1.50 bits per heavy atom. The molecule has 0 spiro atoms. The first kappa shape index (κ1) is 32.5. The lowest BCUT2D eigenvalue weighted by Gasteiger charge is -2.44. The molecule has 1 saturated heterocycles. The minimum absolute atomic E-state index is 0.0233. The van der Waals surface area contributed by atoms with E-state index in [1.807, 2.05) is 30.3 Å². The van der Waals surface area contributed by atoms with Crippen LogP contribution >= 0.6 is 0 Å². The second-order valence-electron chi connectivity index (χ2n) is 8.69. The summed E-state index contributed by atoms with van der Waals surface area (Å²) in [4.78, 5) is 58.8. The van der Waals surface area contributed by atoms with E-state index in [1.54, 1.807) is 0 Å². The third kappa shape index (κ3) is 12.0. The zero-order valence-electron chi connectivity index (χ0n) is 22.9. The quantitative estimate of drug-likeness (QED) is 0.182. The minimum atomic E-state index is -1.21. The normalized spacial score (nSPS) is 21.9. The van der Waals surface area contributed by atoms with Crippen molar-refractivity contribution in [2.45, 2.75) is 64.9 Å². The summed E-state index contributed by atoms with van der Waals surface area (Å²) in [5.74, 6) is -2.50. The summed E-state index contributed by atoms with van der Waals surface area (Å²) in [6, 6.07) is 8.17. The summed E-state index contributed by atoms with van der Waals surface area (Å²) in [6.07, 6.45) is -5.26. The first-order valence-corrected chi connectivity index (χ1v) is 12.6. The van der Waals surface area contributed by atoms with Gasteiger partial charge in [0.1, 0.15) is 25.4 Å². The Kier molecular flexibility index (Phi) is 13.8. The molecule has 0 bridgehead atoms. The molecule has 14 heteroatoms. The topological polar surface area (TPSA) is 174 Å². The van der Waals surface area contributed by atoms with Crippen LogP contribution in [0, 0.1) is 0 Å². The summed E-state index contributed by atoms with van der Waals surface area (Å²) in [6.45, 7) is 4.95. The fourth-order valence-corrected chi connectivity index (χ4v) is 3.76. The molecule has 1 aliphatic heterocycles. The van der Waals surface area contributed by atoms with E-state index in [0.29, 0.717) is 0 Å². The molecule has 2 rings (SSSR count). The van der Waals surface area contributed by atoms with E-state index in [0.717, 1.165) is 19.4 Å². The van der Waals surface area contributed by atoms with E-state index < -0.39 is 60.6 Å². The SMILES string of the molecule is CC(=O)NC1C(OCCOCCNC(=O)OCc2ccccc2)OC(COC(C)=O)C(OC(C)=O)C1OC(C)=O. The molecule has 0 radical (unpaired) electrons. The van der Waals surface area contributed by atoms with Crippen LogP contribution in [0.3, 0.4) is 0 Å². The van der Waals surface area contributed by atoms with Gasteiger partial charge in [0.05, 0.1) is 19.8 Å². The third-order valence-corrected chi connectivity index (χ3v) is 5.31. The molecule has 222 valence electrons. The predicted octanol–water partition coefficient (Wildman–Crippen LogP) is 0.602. The fourth-order valence-electron chi connectivity index (χ4n) is 3.76. The molecule has 1 aromatic rings. The number of rotatable bonds is 14. The number of benzene rings is 1. The molecule has 0 saturated carbocycles. The number of esters is 3. The number of nitrogens with one attached hydrogen (secondary N) is 2. The summed E-state index contributed by atoms with van der Waals surface area (Å²) >= 11 is 0. The highest BCUT2D eigenvalue weighted by Gasteiger charge is 2.51. The van der Waals surface area contributed by atoms with Crippen molar-refractivity contribution in [1.82, 2.24) is 10.6 Å². The molecule has 0 aromatic heterocycles. The highest BCUT2D eigenvalue weighted by molar-refractivity contribution is 5.73. The first-order chi connectivity index (χ1) is 19.1. The van der Waals surface area contributed by atoms with Crippen molar-refractivity contribution in [3.05, 3.63) is 35.9 Å². The van der Waals surface area contributed by atoms with E-state index in [1.165, 1.54) is 13.8 Å². The Hall–Kier alpha value is -3.75. The smallest absolute Gasteiger partial charge is 0.407 e. The average Bonchev–Trinajstić information content (AvgIpc) is 2.88. The molecule has 2 amide bonds. The number of hydrogen-bond acceptors (Lipinski definition) is 12. The van der Waals surface area contributed by atoms with Crippen LogP contribution in [0.5, 0.6) is 0 Å². The van der Waals surface area contributed by atoms with Crippen molar-refractivity contribution >= 4 is 29.9 Å². The van der Waals surface area contributed by atoms with Crippen molar-refractivity contribution in [3.8, 4) is 0 Å². The largest absolute Gasteiger partial charge is 0.463 e. The van der Waals surface area contributed by atoms with Gasteiger partial charge in [0.25, 0.3) is 0 Å². The van der Waals surface area contributed by atoms with Gasteiger partial charge in [-0.3, -0.25) is 19.2 Å². The second-order valence-corrected chi connectivity index (χ2v) is 8.69. The van der Waals surface area contributed by atoms with Gasteiger partial charge in [0.2, 0.25) is 5.91 Å². The molecule has 1 fully saturated rings. The number of hydrogen-bond donors (Lipinski definition) is 2. The predicted molar refractivity (Wildman–Crippen MR) is 135 cm³/mol. The summed E-state index contributed by atoms with van der Waals surface area (Å²) in [5, 5.41) is 5.17. The van der Waals surface area contributed by atoms with Gasteiger partial charge in [0.15, 0.2) is 18.5 Å². The Balaban J connectivity index is 1.91. The number of carbonyl (C=O) groups excluding carboxylic acids is 5. The molecule has 5 unspecified atom stereocenters. The van der Waals surface area contributed by atoms with Gasteiger partial charge in [0, 0.05) is 34.2 Å². The molecule has 2 N–H and O–H groups in total. The van der Waals surface area contributed by atoms with E-state index in [9.17, 15) is 24.0 Å². The zero-order valence-corrected chi connectivity index (χ0v) is 22.9. The number of amides is 2. The molecule has 14 nitrogen and oxygen atoms in total. The van der Waals surface area contributed by atoms with Crippen molar-refractivity contribution in [3.63, 3.8) is 0 Å². The monoisotopic (exact) mass is 568 g/mol. The molecule has 0 aliphatic carbocycles. The van der Waals surface area contributed by atoms with Crippen molar-refractivity contribution in [2.24, 2.45) is 0 Å². The van der Waals surface area contributed by atoms with Crippen LogP contribution in [0.15, 0.2) is 30.3 Å². The van der Waals surface area contributed by atoms with Gasteiger partial charge in [-0.05, 0) is 5.56 Å². The number of carbonyl (C=O) groups is 5. The van der Waals surface area contributed by atoms with E-state index in [-0.39, 0.29) is 39.6 Å². The van der Waals surface area contributed by atoms with Crippen molar-refractivity contribution in [1.29, 1.82) is 0 Å². The van der Waals surface area contributed by atoms with Crippen LogP contribution < -0.4 is 10.6 Å². The molecule has 5 atom stereocenters. The third-order valence-electron chi connectivity index (χ3n) is 5.31. The van der Waals surface area contributed by atoms with Crippen LogP contribution in [0.2, 0.25) is 0 Å². The van der Waals surface area contributed by atoms with E-state index >= 15 is 0 Å². The van der Waals surface area contributed by atoms with Gasteiger partial charge < -0.3 is 43.8 Å². The highest BCUT2D eigenvalue weighted by atomic mass is 16.7. The second kappa shape index (κ2) is 17.0. The fraction of sp³-hybridized carbons (Fsp3) is 0.577. The number of alkyl carbamates (subject to hydrolysis) is 1. The Morgan fingerprint density at radius 3 is 2.12 bits per heavy atom. The molecule has 1 aromatic carbocycles. The van der Waals surface area contributed by atoms with E-state index in [4.69, 9.17) is 33.2 Å². The summed E-state index contributed by atoms with van der Waals surface area (Å²) in [7, 11) is 0. The lowest BCUT2D eigenvalue weighted by atomic mass is 9.96. The van der Waals surface area contributed by atoms with Gasteiger partial charge >= 0.3 is 24.0 Å². The molecule has 1 heterocycles. The number of ether oxygens (including phenoxy) is 7. The lowest BCUT2D eigenvalue weighted by Crippen LogP contribution is -2.66. The maximum absolute atomic E-state index is 11.9. The summed E-state index contributed by atoms with van der Waals surface area (Å²) in [5.41, 5.74) is 0.860. The van der Waals surface area contributed by atoms with E-state index in [2.05, 4.69) is 10.6 Å². The van der Waals surface area contributed by atoms with Gasteiger partial charge in [-0.15, -0.1) is 0 Å². The standard InChI is InChI=1S/C26H36N2O12/c1-16(29)28-22-24(39-19(4)32)23(38-18(3)31)21(15-36-17(2)30)40-25(22)35-13-12-34-11-10-27-26(33)37-14-20-8-6-5-7-9-20/h5-9,21-25H,10-15H2,1-4H3,(H,27,33)(H,28,29). The minimum Gasteiger partial charge on any atom is -0.463 e. The van der Waals surface area contributed by atoms with Crippen LogP contribution in [0.4, 0.5) is 4.79 Å². The lowest BCUT2D eigenvalue weighted by molar-refractivity contribution is -0.279.